The molecule has 1 aromatic heterocycles. The van der Waals surface area contributed by atoms with E-state index in [1.807, 2.05) is 0 Å². The van der Waals surface area contributed by atoms with Gasteiger partial charge in [0, 0.05) is 15.9 Å². The Morgan fingerprint density at radius 3 is 2.56 bits per heavy atom. The second-order valence-electron chi connectivity index (χ2n) is 2.13. The van der Waals surface area contributed by atoms with Crippen LogP contribution < -0.4 is 0 Å². The van der Waals surface area contributed by atoms with Crippen LogP contribution in [0.3, 0.4) is 0 Å². The van der Waals surface area contributed by atoms with Crippen molar-refractivity contribution in [1.29, 1.82) is 0 Å². The number of H-pyrrole nitrogens is 1. The molecule has 0 radical (unpaired) electrons. The fourth-order valence-corrected chi connectivity index (χ4v) is 1.59. The average Bonchev–Trinajstić information content (AvgIpc) is 2.10. The number of aromatic nitrogens is 1. The highest BCUT2D eigenvalue weighted by Gasteiger charge is 1.98. The molecule has 0 saturated heterocycles. The summed E-state index contributed by atoms with van der Waals surface area (Å²) in [5, 5.41) is 0. The standard InChI is InChI=1S/C7H10BrN/c1-3-7-6(8)4-5(2)9-7/h4,9H,3H2,1-2H3. The van der Waals surface area contributed by atoms with Crippen molar-refractivity contribution >= 4 is 15.9 Å². The number of aryl methyl sites for hydroxylation is 2. The van der Waals surface area contributed by atoms with Gasteiger partial charge in [-0.05, 0) is 35.3 Å². The monoisotopic (exact) mass is 187 g/mol. The predicted octanol–water partition coefficient (Wildman–Crippen LogP) is 2.65. The molecule has 0 bridgehead atoms. The minimum absolute atomic E-state index is 1.06. The maximum Gasteiger partial charge on any atom is 0.0385 e. The van der Waals surface area contributed by atoms with E-state index < -0.39 is 0 Å². The number of hydrogen-bond acceptors (Lipinski definition) is 0. The van der Waals surface area contributed by atoms with Crippen LogP contribution in [-0.4, -0.2) is 4.98 Å². The number of hydrogen-bond donors (Lipinski definition) is 1. The maximum absolute atomic E-state index is 3.45. The molecule has 0 spiro atoms. The molecule has 1 heterocycles. The van der Waals surface area contributed by atoms with E-state index >= 15 is 0 Å². The fraction of sp³-hybridized carbons (Fsp3) is 0.429. The number of halogens is 1. The summed E-state index contributed by atoms with van der Waals surface area (Å²) in [4.78, 5) is 3.25. The summed E-state index contributed by atoms with van der Waals surface area (Å²) in [6.07, 6.45) is 1.06. The second kappa shape index (κ2) is 2.56. The normalized spacial score (nSPS) is 10.1. The van der Waals surface area contributed by atoms with Crippen molar-refractivity contribution in [3.63, 3.8) is 0 Å². The van der Waals surface area contributed by atoms with Crippen molar-refractivity contribution in [3.8, 4) is 0 Å². The third-order valence-electron chi connectivity index (χ3n) is 1.33. The van der Waals surface area contributed by atoms with Crippen molar-refractivity contribution in [1.82, 2.24) is 4.98 Å². The fourth-order valence-electron chi connectivity index (χ4n) is 0.868. The molecule has 1 rings (SSSR count). The third-order valence-corrected chi connectivity index (χ3v) is 2.04. The van der Waals surface area contributed by atoms with Gasteiger partial charge < -0.3 is 4.98 Å². The Hall–Kier alpha value is -0.240. The lowest BCUT2D eigenvalue weighted by Crippen LogP contribution is -1.78. The van der Waals surface area contributed by atoms with Crippen LogP contribution >= 0.6 is 15.9 Å². The third kappa shape index (κ3) is 1.36. The van der Waals surface area contributed by atoms with E-state index in [0.29, 0.717) is 0 Å². The van der Waals surface area contributed by atoms with Gasteiger partial charge in [-0.25, -0.2) is 0 Å². The van der Waals surface area contributed by atoms with Crippen LogP contribution in [0.25, 0.3) is 0 Å². The molecule has 0 amide bonds. The molecule has 0 fully saturated rings. The zero-order valence-corrected chi connectivity index (χ0v) is 7.25. The van der Waals surface area contributed by atoms with Gasteiger partial charge in [-0.3, -0.25) is 0 Å². The topological polar surface area (TPSA) is 15.8 Å². The molecule has 0 aliphatic carbocycles. The smallest absolute Gasteiger partial charge is 0.0385 e. The van der Waals surface area contributed by atoms with Gasteiger partial charge in [0.2, 0.25) is 0 Å². The maximum atomic E-state index is 3.45. The van der Waals surface area contributed by atoms with E-state index in [-0.39, 0.29) is 0 Å². The van der Waals surface area contributed by atoms with Gasteiger partial charge in [0.15, 0.2) is 0 Å². The van der Waals surface area contributed by atoms with Crippen molar-refractivity contribution in [2.24, 2.45) is 0 Å². The summed E-state index contributed by atoms with van der Waals surface area (Å²) in [6, 6.07) is 2.10. The Morgan fingerprint density at radius 2 is 2.33 bits per heavy atom. The molecule has 0 aliphatic heterocycles. The first-order valence-electron chi connectivity index (χ1n) is 3.08. The summed E-state index contributed by atoms with van der Waals surface area (Å²) in [7, 11) is 0. The van der Waals surface area contributed by atoms with Crippen LogP contribution in [0.1, 0.15) is 18.3 Å². The second-order valence-corrected chi connectivity index (χ2v) is 2.99. The SMILES string of the molecule is CCc1[nH]c(C)cc1Br. The van der Waals surface area contributed by atoms with Gasteiger partial charge in [-0.1, -0.05) is 6.92 Å². The largest absolute Gasteiger partial charge is 0.362 e. The Morgan fingerprint density at radius 1 is 1.67 bits per heavy atom. The summed E-state index contributed by atoms with van der Waals surface area (Å²) in [5.74, 6) is 0. The Kier molecular flexibility index (Phi) is 1.96. The van der Waals surface area contributed by atoms with Gasteiger partial charge in [-0.2, -0.15) is 0 Å². The van der Waals surface area contributed by atoms with Crippen molar-refractivity contribution < 1.29 is 0 Å². The quantitative estimate of drug-likeness (QED) is 0.697. The first kappa shape index (κ1) is 6.87. The summed E-state index contributed by atoms with van der Waals surface area (Å²) in [5.41, 5.74) is 2.51. The van der Waals surface area contributed by atoms with Gasteiger partial charge in [0.05, 0.1) is 0 Å². The van der Waals surface area contributed by atoms with Crippen LogP contribution in [0.15, 0.2) is 10.5 Å². The Labute approximate surface area is 63.6 Å². The minimum Gasteiger partial charge on any atom is -0.362 e. The zero-order valence-electron chi connectivity index (χ0n) is 5.66. The van der Waals surface area contributed by atoms with Crippen molar-refractivity contribution in [2.45, 2.75) is 20.3 Å². The Balaban J connectivity index is 3.01. The molecular formula is C7H10BrN. The average molecular weight is 188 g/mol. The van der Waals surface area contributed by atoms with Crippen LogP contribution in [-0.2, 0) is 6.42 Å². The molecule has 2 heteroatoms. The lowest BCUT2D eigenvalue weighted by molar-refractivity contribution is 1.04. The number of nitrogens with one attached hydrogen (secondary N) is 1. The van der Waals surface area contributed by atoms with Crippen LogP contribution in [0, 0.1) is 6.92 Å². The number of rotatable bonds is 1. The van der Waals surface area contributed by atoms with Gasteiger partial charge in [0.25, 0.3) is 0 Å². The van der Waals surface area contributed by atoms with Crippen LogP contribution in [0.2, 0.25) is 0 Å². The first-order valence-corrected chi connectivity index (χ1v) is 3.87. The molecule has 1 N–H and O–H groups in total. The molecule has 0 aliphatic rings. The number of aromatic amines is 1. The van der Waals surface area contributed by atoms with Gasteiger partial charge in [0.1, 0.15) is 0 Å². The first-order chi connectivity index (χ1) is 4.24. The molecule has 0 atom stereocenters. The molecule has 0 saturated carbocycles. The predicted molar refractivity (Wildman–Crippen MR) is 42.6 cm³/mol. The summed E-state index contributed by atoms with van der Waals surface area (Å²) in [6.45, 7) is 4.19. The molecule has 50 valence electrons. The molecule has 9 heavy (non-hydrogen) atoms. The van der Waals surface area contributed by atoms with Crippen molar-refractivity contribution in [2.75, 3.05) is 0 Å². The lowest BCUT2D eigenvalue weighted by Gasteiger charge is -1.88. The van der Waals surface area contributed by atoms with E-state index in [2.05, 4.69) is 40.8 Å². The highest BCUT2D eigenvalue weighted by atomic mass is 79.9. The molecular weight excluding hydrogens is 178 g/mol. The van der Waals surface area contributed by atoms with E-state index in [1.165, 1.54) is 15.9 Å². The molecule has 0 aromatic carbocycles. The van der Waals surface area contributed by atoms with E-state index in [9.17, 15) is 0 Å². The van der Waals surface area contributed by atoms with Gasteiger partial charge in [-0.15, -0.1) is 0 Å². The highest BCUT2D eigenvalue weighted by Crippen LogP contribution is 2.17. The molecule has 1 aromatic rings. The van der Waals surface area contributed by atoms with Gasteiger partial charge >= 0.3 is 0 Å². The van der Waals surface area contributed by atoms with E-state index in [0.717, 1.165) is 6.42 Å². The Bertz CT molecular complexity index is 203. The van der Waals surface area contributed by atoms with E-state index in [1.54, 1.807) is 0 Å². The minimum atomic E-state index is 1.06. The molecule has 0 unspecified atom stereocenters. The molecule has 1 nitrogen and oxygen atoms in total. The van der Waals surface area contributed by atoms with Crippen LogP contribution in [0.4, 0.5) is 0 Å². The van der Waals surface area contributed by atoms with E-state index in [4.69, 9.17) is 0 Å². The highest BCUT2D eigenvalue weighted by molar-refractivity contribution is 9.10. The summed E-state index contributed by atoms with van der Waals surface area (Å²) < 4.78 is 1.20. The summed E-state index contributed by atoms with van der Waals surface area (Å²) >= 11 is 3.45. The van der Waals surface area contributed by atoms with Crippen LogP contribution in [0.5, 0.6) is 0 Å². The zero-order chi connectivity index (χ0) is 6.85. The van der Waals surface area contributed by atoms with Crippen molar-refractivity contribution in [3.05, 3.63) is 21.9 Å². The lowest BCUT2D eigenvalue weighted by atomic mass is 10.3.